The number of thiophene rings is 1. The molecule has 1 N–H and O–H groups in total. The van der Waals surface area contributed by atoms with Gasteiger partial charge in [-0.25, -0.2) is 0 Å². The summed E-state index contributed by atoms with van der Waals surface area (Å²) in [5, 5.41) is 2.93. The molecule has 0 aliphatic carbocycles. The number of amides is 4. The minimum absolute atomic E-state index is 0.0147. The molecule has 3 aromatic rings. The molecular formula is C45H57F2N4O11PS. The second-order valence-corrected chi connectivity index (χ2v) is 21.7. The summed E-state index contributed by atoms with van der Waals surface area (Å²) < 4.78 is 66.9. The summed E-state index contributed by atoms with van der Waals surface area (Å²) in [5.74, 6) is -3.27. The highest BCUT2D eigenvalue weighted by Gasteiger charge is 2.56. The van der Waals surface area contributed by atoms with Crippen LogP contribution in [0.1, 0.15) is 101 Å². The fourth-order valence-electron chi connectivity index (χ4n) is 8.09. The quantitative estimate of drug-likeness (QED) is 0.104. The van der Waals surface area contributed by atoms with Crippen molar-refractivity contribution in [2.45, 2.75) is 117 Å². The number of nitrogens with zero attached hydrogens (tertiary/aromatic N) is 3. The van der Waals surface area contributed by atoms with Crippen LogP contribution >= 0.6 is 18.9 Å². The molecule has 1 aromatic heterocycles. The van der Waals surface area contributed by atoms with E-state index in [-0.39, 0.29) is 40.7 Å². The fourth-order valence-corrected chi connectivity index (χ4v) is 10.3. The number of hydrogen-bond donors (Lipinski definition) is 1. The molecular weight excluding hydrogens is 874 g/mol. The van der Waals surface area contributed by atoms with E-state index in [1.54, 1.807) is 4.90 Å². The molecule has 3 aliphatic rings. The van der Waals surface area contributed by atoms with E-state index in [4.69, 9.17) is 18.5 Å². The fraction of sp³-hybridized carbons (Fsp3) is 0.556. The molecule has 4 heterocycles. The molecule has 0 unspecified atom stereocenters. The van der Waals surface area contributed by atoms with Crippen molar-refractivity contribution in [3.63, 3.8) is 0 Å². The standard InChI is InChI=1S/C45H57F2N4O11PS/c1-28(52)49-21-19-32-16-17-35(40(55)50-20-11-14-33(50)22-29-12-9-8-10-13-29)51(32)39(54)34(25-49)48-38(53)37-24-30-23-31(15-18-36(30)64-37)45(46,47)63(58,61-26-59-41(56)43(2,3)4)62-27-60-42(57)44(5,6)7/h8-10,12-13,15,18,23-24,32-35H,11,14,16-17,19-22,25-27H2,1-7H3,(H,48,53)/t32-,33+,34+,35+/m1/s1. The predicted molar refractivity (Wildman–Crippen MR) is 233 cm³/mol. The zero-order valence-electron chi connectivity index (χ0n) is 37.2. The average Bonchev–Trinajstić information content (AvgIpc) is 3.99. The number of carbonyl (C=O) groups excluding carboxylic acids is 6. The SMILES string of the molecule is CC(=O)N1CC[C@H]2CC[C@@H](C(=O)N3CCC[C@H]3Cc3ccccc3)N2C(=O)[C@@H](NC(=O)c2cc3cc(C(F)(F)P(=O)(OCOC(=O)C(C)(C)C)OCOC(=O)C(C)(C)C)ccc3s2)C1. The number of benzene rings is 2. The molecule has 3 aliphatic heterocycles. The van der Waals surface area contributed by atoms with E-state index in [1.165, 1.54) is 65.5 Å². The van der Waals surface area contributed by atoms with Crippen molar-refractivity contribution in [1.29, 1.82) is 0 Å². The molecule has 15 nitrogen and oxygen atoms in total. The lowest BCUT2D eigenvalue weighted by molar-refractivity contribution is -0.163. The molecule has 0 radical (unpaired) electrons. The number of carbonyl (C=O) groups is 6. The van der Waals surface area contributed by atoms with Crippen LogP contribution in [0.2, 0.25) is 0 Å². The Bertz CT molecular complexity index is 2260. The Kier molecular flexibility index (Phi) is 14.7. The minimum atomic E-state index is -5.62. The van der Waals surface area contributed by atoms with Gasteiger partial charge in [0.15, 0.2) is 0 Å². The van der Waals surface area contributed by atoms with Crippen molar-refractivity contribution < 1.29 is 60.6 Å². The molecule has 0 spiro atoms. The number of hydrogen-bond acceptors (Lipinski definition) is 12. The van der Waals surface area contributed by atoms with Gasteiger partial charge in [0.05, 0.1) is 15.7 Å². The molecule has 0 saturated carbocycles. The van der Waals surface area contributed by atoms with Gasteiger partial charge in [0, 0.05) is 48.9 Å². The number of fused-ring (bicyclic) bond motifs is 2. The topological polar surface area (TPSA) is 178 Å². The van der Waals surface area contributed by atoms with Crippen LogP contribution in [0, 0.1) is 10.8 Å². The smallest absolute Gasteiger partial charge is 0.410 e. The van der Waals surface area contributed by atoms with Crippen molar-refractivity contribution in [2.24, 2.45) is 10.8 Å². The van der Waals surface area contributed by atoms with Gasteiger partial charge in [-0.3, -0.25) is 42.4 Å². The van der Waals surface area contributed by atoms with Crippen LogP contribution < -0.4 is 5.32 Å². The average molecular weight is 931 g/mol. The van der Waals surface area contributed by atoms with Gasteiger partial charge < -0.3 is 29.5 Å². The maximum Gasteiger partial charge on any atom is 0.410 e. The summed E-state index contributed by atoms with van der Waals surface area (Å²) in [4.78, 5) is 85.3. The van der Waals surface area contributed by atoms with Crippen LogP contribution in [-0.2, 0) is 59.1 Å². The van der Waals surface area contributed by atoms with E-state index in [2.05, 4.69) is 5.32 Å². The van der Waals surface area contributed by atoms with Gasteiger partial charge in [0.25, 0.3) is 5.91 Å². The highest BCUT2D eigenvalue weighted by Crippen LogP contribution is 2.67. The van der Waals surface area contributed by atoms with Crippen molar-refractivity contribution in [1.82, 2.24) is 20.0 Å². The van der Waals surface area contributed by atoms with E-state index < -0.39 is 79.1 Å². The molecule has 4 amide bonds. The number of ether oxygens (including phenoxy) is 2. The number of rotatable bonds is 13. The second kappa shape index (κ2) is 19.4. The van der Waals surface area contributed by atoms with E-state index in [9.17, 15) is 33.3 Å². The van der Waals surface area contributed by atoms with E-state index in [1.807, 2.05) is 35.2 Å². The number of nitrogens with one attached hydrogen (secondary N) is 1. The van der Waals surface area contributed by atoms with Crippen LogP contribution in [0.4, 0.5) is 8.78 Å². The molecule has 6 rings (SSSR count). The summed E-state index contributed by atoms with van der Waals surface area (Å²) in [6.07, 6.45) is 3.86. The summed E-state index contributed by atoms with van der Waals surface area (Å²) >= 11 is 0.950. The Morgan fingerprint density at radius 3 is 2.09 bits per heavy atom. The van der Waals surface area contributed by atoms with Crippen molar-refractivity contribution in [3.05, 3.63) is 70.6 Å². The first-order valence-corrected chi connectivity index (χ1v) is 23.7. The molecule has 4 atom stereocenters. The van der Waals surface area contributed by atoms with Crippen molar-refractivity contribution in [2.75, 3.05) is 33.2 Å². The van der Waals surface area contributed by atoms with Crippen LogP contribution in [0.5, 0.6) is 0 Å². The molecule has 19 heteroatoms. The van der Waals surface area contributed by atoms with Gasteiger partial charge in [-0.15, -0.1) is 11.3 Å². The number of esters is 2. The normalized spacial score (nSPS) is 21.0. The van der Waals surface area contributed by atoms with E-state index >= 15 is 8.78 Å². The van der Waals surface area contributed by atoms with Gasteiger partial charge in [0.2, 0.25) is 31.3 Å². The minimum Gasteiger partial charge on any atom is -0.438 e. The van der Waals surface area contributed by atoms with Gasteiger partial charge in [-0.05, 0) is 109 Å². The lowest BCUT2D eigenvalue weighted by Crippen LogP contribution is -2.61. The summed E-state index contributed by atoms with van der Waals surface area (Å²) in [6.45, 7) is 8.92. The van der Waals surface area contributed by atoms with Gasteiger partial charge in [-0.2, -0.15) is 8.78 Å². The molecule has 0 bridgehead atoms. The molecule has 3 saturated heterocycles. The lowest BCUT2D eigenvalue weighted by atomic mass is 9.98. The Morgan fingerprint density at radius 1 is 0.844 bits per heavy atom. The Balaban J connectivity index is 1.22. The van der Waals surface area contributed by atoms with Crippen molar-refractivity contribution in [3.8, 4) is 0 Å². The van der Waals surface area contributed by atoms with Crippen LogP contribution in [-0.4, -0.2) is 108 Å². The molecule has 348 valence electrons. The van der Waals surface area contributed by atoms with Gasteiger partial charge in [-0.1, -0.05) is 36.4 Å². The first kappa shape index (κ1) is 48.7. The maximum absolute atomic E-state index is 16.4. The zero-order chi connectivity index (χ0) is 46.8. The Hall–Kier alpha value is -4.77. The first-order valence-electron chi connectivity index (χ1n) is 21.4. The maximum atomic E-state index is 16.4. The van der Waals surface area contributed by atoms with Crippen LogP contribution in [0.15, 0.2) is 54.6 Å². The first-order chi connectivity index (χ1) is 30.0. The molecule has 3 fully saturated rings. The third-order valence-electron chi connectivity index (χ3n) is 11.7. The predicted octanol–water partition coefficient (Wildman–Crippen LogP) is 7.21. The molecule has 2 aromatic carbocycles. The van der Waals surface area contributed by atoms with Crippen LogP contribution in [0.25, 0.3) is 10.1 Å². The van der Waals surface area contributed by atoms with Gasteiger partial charge in [0.1, 0.15) is 12.1 Å². The largest absolute Gasteiger partial charge is 0.438 e. The van der Waals surface area contributed by atoms with Gasteiger partial charge >= 0.3 is 25.2 Å². The number of alkyl halides is 2. The second-order valence-electron chi connectivity index (χ2n) is 18.5. The number of likely N-dealkylation sites (tertiary alicyclic amines) is 1. The lowest BCUT2D eigenvalue weighted by Gasteiger charge is -2.39. The van der Waals surface area contributed by atoms with E-state index in [0.717, 1.165) is 41.9 Å². The summed E-state index contributed by atoms with van der Waals surface area (Å²) in [5.41, 5.74) is -6.20. The summed E-state index contributed by atoms with van der Waals surface area (Å²) in [6, 6.07) is 12.2. The zero-order valence-corrected chi connectivity index (χ0v) is 38.9. The highest BCUT2D eigenvalue weighted by molar-refractivity contribution is 7.54. The van der Waals surface area contributed by atoms with E-state index in [0.29, 0.717) is 43.5 Å². The van der Waals surface area contributed by atoms with Crippen molar-refractivity contribution >= 4 is 64.6 Å². The third kappa shape index (κ3) is 10.8. The third-order valence-corrected chi connectivity index (χ3v) is 14.6. The monoisotopic (exact) mass is 930 g/mol. The highest BCUT2D eigenvalue weighted by atomic mass is 32.1. The number of halogens is 2. The summed E-state index contributed by atoms with van der Waals surface area (Å²) in [7, 11) is -5.62. The Labute approximate surface area is 375 Å². The molecule has 64 heavy (non-hydrogen) atoms. The Morgan fingerprint density at radius 2 is 1.48 bits per heavy atom. The van der Waals surface area contributed by atoms with Crippen LogP contribution in [0.3, 0.4) is 0 Å².